The molecule has 1 aliphatic heterocycles. The van der Waals surface area contributed by atoms with E-state index in [4.69, 9.17) is 0 Å². The molecule has 1 unspecified atom stereocenters. The van der Waals surface area contributed by atoms with Crippen LogP contribution in [-0.2, 0) is 14.3 Å². The highest BCUT2D eigenvalue weighted by Gasteiger charge is 2.31. The molecule has 1 atom stereocenters. The van der Waals surface area contributed by atoms with Gasteiger partial charge in [-0.25, -0.2) is 4.79 Å². The summed E-state index contributed by atoms with van der Waals surface area (Å²) in [6, 6.07) is 0. The highest BCUT2D eigenvalue weighted by atomic mass is 16.8. The quantitative estimate of drug-likeness (QED) is 0.535. The first kappa shape index (κ1) is 14.8. The van der Waals surface area contributed by atoms with Crippen LogP contribution in [0.1, 0.15) is 46.0 Å². The molecule has 0 aromatic heterocycles. The SMILES string of the molecule is CC(C)CCCCCCNC(=O)C1COC(=O)O1. The minimum Gasteiger partial charge on any atom is -0.430 e. The van der Waals surface area contributed by atoms with Gasteiger partial charge >= 0.3 is 6.16 Å². The van der Waals surface area contributed by atoms with E-state index in [2.05, 4.69) is 28.6 Å². The molecule has 1 amide bonds. The van der Waals surface area contributed by atoms with E-state index in [1.54, 1.807) is 0 Å². The van der Waals surface area contributed by atoms with Crippen molar-refractivity contribution < 1.29 is 19.1 Å². The Bertz CT molecular complexity index is 278. The molecule has 0 bridgehead atoms. The lowest BCUT2D eigenvalue weighted by Crippen LogP contribution is -2.36. The Morgan fingerprint density at radius 3 is 2.67 bits per heavy atom. The lowest BCUT2D eigenvalue weighted by Gasteiger charge is -2.08. The minimum atomic E-state index is -0.765. The number of hydrogen-bond acceptors (Lipinski definition) is 4. The van der Waals surface area contributed by atoms with Crippen molar-refractivity contribution in [2.45, 2.75) is 52.1 Å². The predicted octanol–water partition coefficient (Wildman–Crippen LogP) is 2.24. The first-order valence-corrected chi connectivity index (χ1v) is 6.70. The Balaban J connectivity index is 1.94. The van der Waals surface area contributed by atoms with E-state index in [1.807, 2.05) is 0 Å². The van der Waals surface area contributed by atoms with Crippen LogP contribution < -0.4 is 5.32 Å². The Morgan fingerprint density at radius 2 is 2.06 bits per heavy atom. The first-order valence-electron chi connectivity index (χ1n) is 6.70. The van der Waals surface area contributed by atoms with Gasteiger partial charge in [-0.05, 0) is 12.3 Å². The van der Waals surface area contributed by atoms with Crippen molar-refractivity contribution in [1.82, 2.24) is 5.32 Å². The zero-order valence-electron chi connectivity index (χ0n) is 11.2. The smallest absolute Gasteiger partial charge is 0.430 e. The van der Waals surface area contributed by atoms with E-state index in [0.29, 0.717) is 6.54 Å². The number of hydrogen-bond donors (Lipinski definition) is 1. The van der Waals surface area contributed by atoms with Gasteiger partial charge in [0.2, 0.25) is 6.10 Å². The van der Waals surface area contributed by atoms with Gasteiger partial charge in [-0.3, -0.25) is 4.79 Å². The van der Waals surface area contributed by atoms with Gasteiger partial charge in [0.1, 0.15) is 6.61 Å². The summed E-state index contributed by atoms with van der Waals surface area (Å²) in [6.45, 7) is 5.12. The fourth-order valence-electron chi connectivity index (χ4n) is 1.81. The Labute approximate surface area is 108 Å². The van der Waals surface area contributed by atoms with Crippen molar-refractivity contribution in [1.29, 1.82) is 0 Å². The summed E-state index contributed by atoms with van der Waals surface area (Å²) in [4.78, 5) is 22.1. The van der Waals surface area contributed by atoms with Gasteiger partial charge < -0.3 is 14.8 Å². The average molecular weight is 257 g/mol. The number of carbonyl (C=O) groups is 2. The third-order valence-electron chi connectivity index (χ3n) is 2.89. The van der Waals surface area contributed by atoms with Crippen molar-refractivity contribution >= 4 is 12.1 Å². The lowest BCUT2D eigenvalue weighted by molar-refractivity contribution is -0.127. The van der Waals surface area contributed by atoms with Crippen LogP contribution in [0.3, 0.4) is 0 Å². The number of cyclic esters (lactones) is 2. The van der Waals surface area contributed by atoms with Crippen LogP contribution in [-0.4, -0.2) is 31.3 Å². The zero-order valence-corrected chi connectivity index (χ0v) is 11.2. The standard InChI is InChI=1S/C13H23NO4/c1-10(2)7-5-3-4-6-8-14-12(15)11-9-17-13(16)18-11/h10-11H,3-9H2,1-2H3,(H,14,15). The van der Waals surface area contributed by atoms with Crippen molar-refractivity contribution in [3.8, 4) is 0 Å². The van der Waals surface area contributed by atoms with Gasteiger partial charge in [0, 0.05) is 6.54 Å². The molecule has 104 valence electrons. The molecule has 0 aliphatic carbocycles. The topological polar surface area (TPSA) is 64.6 Å². The Hall–Kier alpha value is -1.26. The fourth-order valence-corrected chi connectivity index (χ4v) is 1.81. The number of amides is 1. The molecule has 0 spiro atoms. The Morgan fingerprint density at radius 1 is 1.33 bits per heavy atom. The van der Waals surface area contributed by atoms with Gasteiger partial charge in [0.25, 0.3) is 5.91 Å². The fraction of sp³-hybridized carbons (Fsp3) is 0.846. The Kier molecular flexibility index (Phi) is 6.54. The molecule has 1 heterocycles. The molecule has 0 aromatic rings. The monoisotopic (exact) mass is 257 g/mol. The largest absolute Gasteiger partial charge is 0.509 e. The average Bonchev–Trinajstić information content (AvgIpc) is 2.74. The number of ether oxygens (including phenoxy) is 2. The van der Waals surface area contributed by atoms with Gasteiger partial charge in [0.15, 0.2) is 0 Å². The van der Waals surface area contributed by atoms with Gasteiger partial charge in [-0.15, -0.1) is 0 Å². The summed E-state index contributed by atoms with van der Waals surface area (Å²) in [7, 11) is 0. The van der Waals surface area contributed by atoms with E-state index in [9.17, 15) is 9.59 Å². The van der Waals surface area contributed by atoms with Crippen LogP contribution in [0, 0.1) is 5.92 Å². The summed E-state index contributed by atoms with van der Waals surface area (Å²) in [5, 5.41) is 2.75. The number of nitrogens with one attached hydrogen (secondary N) is 1. The minimum absolute atomic E-state index is 0.0268. The lowest BCUT2D eigenvalue weighted by atomic mass is 10.0. The van der Waals surface area contributed by atoms with Crippen LogP contribution >= 0.6 is 0 Å². The number of unbranched alkanes of at least 4 members (excludes halogenated alkanes) is 3. The van der Waals surface area contributed by atoms with Crippen molar-refractivity contribution in [2.75, 3.05) is 13.2 Å². The van der Waals surface area contributed by atoms with Crippen molar-refractivity contribution in [3.05, 3.63) is 0 Å². The van der Waals surface area contributed by atoms with E-state index in [-0.39, 0.29) is 12.5 Å². The molecule has 18 heavy (non-hydrogen) atoms. The zero-order chi connectivity index (χ0) is 13.4. The summed E-state index contributed by atoms with van der Waals surface area (Å²) in [5.41, 5.74) is 0. The summed E-state index contributed by atoms with van der Waals surface area (Å²) in [5.74, 6) is 0.504. The van der Waals surface area contributed by atoms with E-state index in [0.717, 1.165) is 18.8 Å². The van der Waals surface area contributed by atoms with Crippen LogP contribution in [0.5, 0.6) is 0 Å². The third-order valence-corrected chi connectivity index (χ3v) is 2.89. The van der Waals surface area contributed by atoms with Crippen molar-refractivity contribution in [3.63, 3.8) is 0 Å². The van der Waals surface area contributed by atoms with Crippen LogP contribution in [0.25, 0.3) is 0 Å². The van der Waals surface area contributed by atoms with Gasteiger partial charge in [-0.2, -0.15) is 0 Å². The molecular weight excluding hydrogens is 234 g/mol. The molecule has 0 saturated carbocycles. The second-order valence-electron chi connectivity index (χ2n) is 5.06. The first-order chi connectivity index (χ1) is 8.59. The van der Waals surface area contributed by atoms with Gasteiger partial charge in [0.05, 0.1) is 0 Å². The predicted molar refractivity (Wildman–Crippen MR) is 67.2 cm³/mol. The molecule has 1 saturated heterocycles. The second kappa shape index (κ2) is 7.95. The molecule has 0 radical (unpaired) electrons. The molecule has 0 aromatic carbocycles. The maximum atomic E-state index is 11.5. The van der Waals surface area contributed by atoms with Crippen LogP contribution in [0.15, 0.2) is 0 Å². The highest BCUT2D eigenvalue weighted by Crippen LogP contribution is 2.09. The maximum Gasteiger partial charge on any atom is 0.509 e. The molecule has 1 aliphatic rings. The van der Waals surface area contributed by atoms with E-state index in [1.165, 1.54) is 19.3 Å². The number of carbonyl (C=O) groups excluding carboxylic acids is 2. The van der Waals surface area contributed by atoms with Crippen LogP contribution in [0.2, 0.25) is 0 Å². The highest BCUT2D eigenvalue weighted by molar-refractivity contribution is 5.84. The van der Waals surface area contributed by atoms with Gasteiger partial charge in [-0.1, -0.05) is 39.5 Å². The second-order valence-corrected chi connectivity index (χ2v) is 5.06. The maximum absolute atomic E-state index is 11.5. The number of rotatable bonds is 8. The molecule has 5 heteroatoms. The molecule has 1 N–H and O–H groups in total. The molecule has 5 nitrogen and oxygen atoms in total. The van der Waals surface area contributed by atoms with E-state index >= 15 is 0 Å². The third kappa shape index (κ3) is 5.89. The summed E-state index contributed by atoms with van der Waals surface area (Å²) >= 11 is 0. The van der Waals surface area contributed by atoms with Crippen molar-refractivity contribution in [2.24, 2.45) is 5.92 Å². The summed E-state index contributed by atoms with van der Waals surface area (Å²) in [6.07, 6.45) is 4.28. The van der Waals surface area contributed by atoms with E-state index < -0.39 is 12.3 Å². The normalized spacial score (nSPS) is 18.6. The molecule has 1 rings (SSSR count). The molecule has 1 fully saturated rings. The molecular formula is C13H23NO4. The van der Waals surface area contributed by atoms with Crippen LogP contribution in [0.4, 0.5) is 4.79 Å². The summed E-state index contributed by atoms with van der Waals surface area (Å²) < 4.78 is 9.22.